The molecule has 0 spiro atoms. The molecule has 2 rings (SSSR count). The number of carbonyl (C=O) groups excluding carboxylic acids is 1. The summed E-state index contributed by atoms with van der Waals surface area (Å²) < 4.78 is 5.19. The number of methoxy groups -OCH3 is 1. The van der Waals surface area contributed by atoms with Crippen molar-refractivity contribution in [1.29, 1.82) is 0 Å². The summed E-state index contributed by atoms with van der Waals surface area (Å²) in [4.78, 5) is 14.4. The van der Waals surface area contributed by atoms with Crippen molar-refractivity contribution in [2.75, 3.05) is 12.0 Å². The van der Waals surface area contributed by atoms with Crippen LogP contribution in [0.1, 0.15) is 25.3 Å². The molecule has 0 radical (unpaired) electrons. The van der Waals surface area contributed by atoms with Crippen molar-refractivity contribution < 1.29 is 9.53 Å². The first-order valence-electron chi connectivity index (χ1n) is 7.84. The van der Waals surface area contributed by atoms with Crippen LogP contribution in [-0.4, -0.2) is 19.1 Å². The third-order valence-corrected chi connectivity index (χ3v) is 3.68. The van der Waals surface area contributed by atoms with Gasteiger partial charge in [-0.3, -0.25) is 4.79 Å². The molecule has 4 heteroatoms. The minimum absolute atomic E-state index is 0.0217. The van der Waals surface area contributed by atoms with Gasteiger partial charge in [0.2, 0.25) is 5.91 Å². The summed E-state index contributed by atoms with van der Waals surface area (Å²) in [5.41, 5.74) is 7.74. The maximum atomic E-state index is 12.6. The molecule has 0 heterocycles. The summed E-state index contributed by atoms with van der Waals surface area (Å²) in [5, 5.41) is 0. The number of amides is 1. The highest BCUT2D eigenvalue weighted by Crippen LogP contribution is 2.22. The fourth-order valence-electron chi connectivity index (χ4n) is 2.34. The highest BCUT2D eigenvalue weighted by atomic mass is 16.5. The van der Waals surface area contributed by atoms with Gasteiger partial charge < -0.3 is 15.4 Å². The van der Waals surface area contributed by atoms with Gasteiger partial charge in [-0.2, -0.15) is 0 Å². The Bertz CT molecular complexity index is 609. The normalized spacial score (nSPS) is 11.8. The van der Waals surface area contributed by atoms with Gasteiger partial charge in [0.1, 0.15) is 5.75 Å². The second kappa shape index (κ2) is 8.34. The van der Waals surface area contributed by atoms with Gasteiger partial charge in [0.05, 0.1) is 13.7 Å². The van der Waals surface area contributed by atoms with Crippen LogP contribution in [0.5, 0.6) is 5.75 Å². The maximum absolute atomic E-state index is 12.6. The molecule has 0 saturated heterocycles. The first-order chi connectivity index (χ1) is 11.1. The molecular formula is C19H24N2O2. The highest BCUT2D eigenvalue weighted by Gasteiger charge is 2.16. The van der Waals surface area contributed by atoms with Crippen LogP contribution in [0.25, 0.3) is 0 Å². The van der Waals surface area contributed by atoms with E-state index in [-0.39, 0.29) is 11.9 Å². The van der Waals surface area contributed by atoms with Crippen LogP contribution in [0.3, 0.4) is 0 Å². The Morgan fingerprint density at radius 2 is 1.78 bits per heavy atom. The molecule has 0 aliphatic carbocycles. The monoisotopic (exact) mass is 312 g/mol. The molecule has 0 bridgehead atoms. The summed E-state index contributed by atoms with van der Waals surface area (Å²) >= 11 is 0. The number of nitrogens with two attached hydrogens (primary N) is 1. The Hall–Kier alpha value is -2.33. The second-order valence-electron chi connectivity index (χ2n) is 5.68. The largest absolute Gasteiger partial charge is 0.497 e. The van der Waals surface area contributed by atoms with Gasteiger partial charge in [-0.25, -0.2) is 0 Å². The van der Waals surface area contributed by atoms with E-state index in [9.17, 15) is 4.79 Å². The lowest BCUT2D eigenvalue weighted by Gasteiger charge is -2.24. The maximum Gasteiger partial charge on any atom is 0.227 e. The average Bonchev–Trinajstić information content (AvgIpc) is 2.58. The van der Waals surface area contributed by atoms with Gasteiger partial charge in [0.15, 0.2) is 0 Å². The summed E-state index contributed by atoms with van der Waals surface area (Å²) in [6.07, 6.45) is 1.12. The molecule has 23 heavy (non-hydrogen) atoms. The smallest absolute Gasteiger partial charge is 0.227 e. The number of carbonyl (C=O) groups is 1. The minimum Gasteiger partial charge on any atom is -0.497 e. The summed E-state index contributed by atoms with van der Waals surface area (Å²) in [6, 6.07) is 17.6. The molecule has 0 fully saturated rings. The van der Waals surface area contributed by atoms with E-state index in [1.54, 1.807) is 12.0 Å². The standard InChI is InChI=1S/C19H24N2O2/c1-15(20)8-13-19(22)21(14-16-6-4-3-5-7-16)17-9-11-18(23-2)12-10-17/h3-7,9-12,15H,8,13-14,20H2,1-2H3. The number of ether oxygens (including phenoxy) is 1. The van der Waals surface area contributed by atoms with Crippen molar-refractivity contribution in [3.8, 4) is 5.75 Å². The minimum atomic E-state index is 0.0217. The Morgan fingerprint density at radius 1 is 1.13 bits per heavy atom. The summed E-state index contributed by atoms with van der Waals surface area (Å²) in [5.74, 6) is 0.854. The molecule has 1 unspecified atom stereocenters. The second-order valence-corrected chi connectivity index (χ2v) is 5.68. The molecule has 1 atom stereocenters. The number of hydrogen-bond acceptors (Lipinski definition) is 3. The van der Waals surface area contributed by atoms with E-state index in [1.807, 2.05) is 61.5 Å². The van der Waals surface area contributed by atoms with E-state index >= 15 is 0 Å². The molecule has 0 aliphatic heterocycles. The van der Waals surface area contributed by atoms with Crippen molar-refractivity contribution in [2.24, 2.45) is 5.73 Å². The number of benzene rings is 2. The predicted molar refractivity (Wildman–Crippen MR) is 93.5 cm³/mol. The van der Waals surface area contributed by atoms with Crippen LogP contribution >= 0.6 is 0 Å². The van der Waals surface area contributed by atoms with Crippen molar-refractivity contribution in [3.05, 3.63) is 60.2 Å². The summed E-state index contributed by atoms with van der Waals surface area (Å²) in [6.45, 7) is 2.47. The van der Waals surface area contributed by atoms with Crippen LogP contribution in [-0.2, 0) is 11.3 Å². The lowest BCUT2D eigenvalue weighted by Crippen LogP contribution is -2.31. The molecule has 0 aliphatic rings. The van der Waals surface area contributed by atoms with E-state index in [2.05, 4.69) is 0 Å². The van der Waals surface area contributed by atoms with Crippen LogP contribution in [0.4, 0.5) is 5.69 Å². The number of anilines is 1. The Balaban J connectivity index is 2.20. The van der Waals surface area contributed by atoms with Crippen molar-refractivity contribution in [3.63, 3.8) is 0 Å². The number of rotatable bonds is 7. The number of hydrogen-bond donors (Lipinski definition) is 1. The van der Waals surface area contributed by atoms with Crippen molar-refractivity contribution >= 4 is 11.6 Å². The first-order valence-corrected chi connectivity index (χ1v) is 7.84. The topological polar surface area (TPSA) is 55.6 Å². The quantitative estimate of drug-likeness (QED) is 0.853. The van der Waals surface area contributed by atoms with Crippen molar-refractivity contribution in [2.45, 2.75) is 32.4 Å². The molecule has 2 aromatic carbocycles. The molecule has 0 saturated carbocycles. The van der Waals surface area contributed by atoms with Gasteiger partial charge in [-0.15, -0.1) is 0 Å². The Kier molecular flexibility index (Phi) is 6.18. The van der Waals surface area contributed by atoms with Gasteiger partial charge in [-0.05, 0) is 43.2 Å². The number of nitrogens with zero attached hydrogens (tertiary/aromatic N) is 1. The van der Waals surface area contributed by atoms with E-state index in [0.29, 0.717) is 19.4 Å². The zero-order chi connectivity index (χ0) is 16.7. The van der Waals surface area contributed by atoms with E-state index in [1.165, 1.54) is 0 Å². The van der Waals surface area contributed by atoms with Crippen LogP contribution < -0.4 is 15.4 Å². The molecule has 0 aromatic heterocycles. The van der Waals surface area contributed by atoms with Crippen molar-refractivity contribution in [1.82, 2.24) is 0 Å². The predicted octanol–water partition coefficient (Wildman–Crippen LogP) is 3.36. The van der Waals surface area contributed by atoms with E-state index in [0.717, 1.165) is 17.0 Å². The molecule has 2 N–H and O–H groups in total. The van der Waals surface area contributed by atoms with Gasteiger partial charge in [0.25, 0.3) is 0 Å². The SMILES string of the molecule is COc1ccc(N(Cc2ccccc2)C(=O)CCC(C)N)cc1. The molecule has 1 amide bonds. The fraction of sp³-hybridized carbons (Fsp3) is 0.316. The molecule has 122 valence electrons. The molecule has 2 aromatic rings. The lowest BCUT2D eigenvalue weighted by molar-refractivity contribution is -0.118. The first kappa shape index (κ1) is 17.0. The van der Waals surface area contributed by atoms with Crippen LogP contribution in [0.2, 0.25) is 0 Å². The van der Waals surface area contributed by atoms with Gasteiger partial charge in [0, 0.05) is 18.2 Å². The van der Waals surface area contributed by atoms with E-state index in [4.69, 9.17) is 10.5 Å². The summed E-state index contributed by atoms with van der Waals surface area (Å²) in [7, 11) is 1.63. The lowest BCUT2D eigenvalue weighted by atomic mass is 10.1. The zero-order valence-corrected chi connectivity index (χ0v) is 13.7. The zero-order valence-electron chi connectivity index (χ0n) is 13.7. The third kappa shape index (κ3) is 5.11. The highest BCUT2D eigenvalue weighted by molar-refractivity contribution is 5.93. The van der Waals surface area contributed by atoms with Gasteiger partial charge >= 0.3 is 0 Å². The van der Waals surface area contributed by atoms with E-state index < -0.39 is 0 Å². The Labute approximate surface area is 137 Å². The fourth-order valence-corrected chi connectivity index (χ4v) is 2.34. The molecule has 4 nitrogen and oxygen atoms in total. The molecular weight excluding hydrogens is 288 g/mol. The van der Waals surface area contributed by atoms with Gasteiger partial charge in [-0.1, -0.05) is 30.3 Å². The van der Waals surface area contributed by atoms with Crippen LogP contribution in [0, 0.1) is 0 Å². The Morgan fingerprint density at radius 3 is 2.35 bits per heavy atom. The third-order valence-electron chi connectivity index (χ3n) is 3.68. The van der Waals surface area contributed by atoms with Crippen LogP contribution in [0.15, 0.2) is 54.6 Å². The average molecular weight is 312 g/mol.